The van der Waals surface area contributed by atoms with Gasteiger partial charge in [0, 0.05) is 6.10 Å². The van der Waals surface area contributed by atoms with Gasteiger partial charge in [-0.15, -0.1) is 10.6 Å². The van der Waals surface area contributed by atoms with Crippen LogP contribution in [-0.4, -0.2) is 26.4 Å². The van der Waals surface area contributed by atoms with Crippen LogP contribution in [0, 0.1) is 0 Å². The van der Waals surface area contributed by atoms with Crippen molar-refractivity contribution in [2.45, 2.75) is 95.7 Å². The van der Waals surface area contributed by atoms with E-state index in [9.17, 15) is 0 Å². The molecule has 1 radical (unpaired) electrons. The summed E-state index contributed by atoms with van der Waals surface area (Å²) in [5, 5.41) is 11.2. The SMILES string of the molecule is CC(C)O.CCCCC[CH2][Al][CH2]CCCCC. The molecule has 0 saturated carbocycles. The number of hydrogen-bond acceptors (Lipinski definition) is 1. The molecule has 0 spiro atoms. The third-order valence-corrected chi connectivity index (χ3v) is 4.16. The fourth-order valence-corrected chi connectivity index (χ4v) is 3.02. The average molecular weight is 257 g/mol. The first-order valence-electron chi connectivity index (χ1n) is 7.64. The average Bonchev–Trinajstić information content (AvgIpc) is 2.26. The second kappa shape index (κ2) is 18.8. The third-order valence-electron chi connectivity index (χ3n) is 2.52. The van der Waals surface area contributed by atoms with E-state index in [2.05, 4.69) is 13.8 Å². The summed E-state index contributed by atoms with van der Waals surface area (Å²) >= 11 is 0.805. The maximum atomic E-state index is 8.06. The molecule has 1 nitrogen and oxygen atoms in total. The molecule has 0 aromatic carbocycles. The highest BCUT2D eigenvalue weighted by Crippen LogP contribution is 2.06. The number of hydrogen-bond donors (Lipinski definition) is 1. The van der Waals surface area contributed by atoms with E-state index in [-0.39, 0.29) is 6.10 Å². The Balaban J connectivity index is 0. The molecule has 103 valence electrons. The van der Waals surface area contributed by atoms with Gasteiger partial charge in [-0.2, -0.15) is 0 Å². The van der Waals surface area contributed by atoms with Crippen molar-refractivity contribution in [2.24, 2.45) is 0 Å². The molecule has 0 rings (SSSR count). The van der Waals surface area contributed by atoms with Crippen molar-refractivity contribution >= 4 is 15.2 Å². The van der Waals surface area contributed by atoms with E-state index in [4.69, 9.17) is 5.11 Å². The fourth-order valence-electron chi connectivity index (χ4n) is 1.58. The van der Waals surface area contributed by atoms with Crippen LogP contribution in [0.3, 0.4) is 0 Å². The second-order valence-corrected chi connectivity index (χ2v) is 6.81. The zero-order valence-electron chi connectivity index (χ0n) is 12.7. The first-order chi connectivity index (χ1) is 8.15. The summed E-state index contributed by atoms with van der Waals surface area (Å²) in [7, 11) is 0. The van der Waals surface area contributed by atoms with Crippen LogP contribution < -0.4 is 0 Å². The van der Waals surface area contributed by atoms with Crippen LogP contribution >= 0.6 is 0 Å². The molecule has 0 aliphatic rings. The largest absolute Gasteiger partial charge is 0.394 e. The molecule has 0 aromatic rings. The first-order valence-corrected chi connectivity index (χ1v) is 9.28. The fraction of sp³-hybridized carbons (Fsp3) is 1.00. The lowest BCUT2D eigenvalue weighted by atomic mass is 10.2. The molecular weight excluding hydrogens is 223 g/mol. The predicted octanol–water partition coefficient (Wildman–Crippen LogP) is 5.07. The molecule has 1 N–H and O–H groups in total. The van der Waals surface area contributed by atoms with Crippen molar-refractivity contribution in [3.8, 4) is 0 Å². The Bertz CT molecular complexity index is 103. The highest BCUT2D eigenvalue weighted by molar-refractivity contribution is 6.35. The number of aliphatic hydroxyl groups is 1. The van der Waals surface area contributed by atoms with Gasteiger partial charge in [-0.3, -0.25) is 0 Å². The van der Waals surface area contributed by atoms with E-state index in [1.165, 1.54) is 51.4 Å². The molecule has 0 saturated heterocycles. The van der Waals surface area contributed by atoms with Crippen molar-refractivity contribution in [1.82, 2.24) is 0 Å². The molecule has 0 unspecified atom stereocenters. The Morgan fingerprint density at radius 1 is 0.765 bits per heavy atom. The standard InChI is InChI=1S/2C6H13.C3H8O.Al/c2*1-3-5-6-4-2;1-3(2)4;/h2*1,3-6H2,2H3;3-4H,1-2H3;. The lowest BCUT2D eigenvalue weighted by Gasteiger charge is -1.99. The summed E-state index contributed by atoms with van der Waals surface area (Å²) in [5.74, 6) is 0. The van der Waals surface area contributed by atoms with Crippen LogP contribution in [0.5, 0.6) is 0 Å². The summed E-state index contributed by atoms with van der Waals surface area (Å²) < 4.78 is 0. The van der Waals surface area contributed by atoms with E-state index in [0.717, 1.165) is 15.2 Å². The van der Waals surface area contributed by atoms with Crippen LogP contribution in [-0.2, 0) is 0 Å². The van der Waals surface area contributed by atoms with Crippen molar-refractivity contribution in [1.29, 1.82) is 0 Å². The first kappa shape index (κ1) is 19.8. The van der Waals surface area contributed by atoms with Gasteiger partial charge in [-0.05, 0) is 13.8 Å². The molecule has 0 bridgehead atoms. The van der Waals surface area contributed by atoms with Crippen molar-refractivity contribution in [3.63, 3.8) is 0 Å². The summed E-state index contributed by atoms with van der Waals surface area (Å²) in [6.45, 7) is 8.02. The van der Waals surface area contributed by atoms with Gasteiger partial charge in [-0.25, -0.2) is 0 Å². The van der Waals surface area contributed by atoms with Crippen LogP contribution in [0.2, 0.25) is 10.6 Å². The normalized spacial score (nSPS) is 10.0. The summed E-state index contributed by atoms with van der Waals surface area (Å²) in [6.07, 6.45) is 11.5. The predicted molar refractivity (Wildman–Crippen MR) is 81.0 cm³/mol. The molecule has 0 aliphatic carbocycles. The maximum Gasteiger partial charge on any atom is 0.199 e. The van der Waals surface area contributed by atoms with Crippen LogP contribution in [0.1, 0.15) is 79.1 Å². The lowest BCUT2D eigenvalue weighted by Crippen LogP contribution is -1.89. The molecule has 17 heavy (non-hydrogen) atoms. The van der Waals surface area contributed by atoms with Gasteiger partial charge < -0.3 is 5.11 Å². The van der Waals surface area contributed by atoms with E-state index >= 15 is 0 Å². The minimum Gasteiger partial charge on any atom is -0.394 e. The molecule has 0 fully saturated rings. The van der Waals surface area contributed by atoms with Gasteiger partial charge in [0.05, 0.1) is 0 Å². The maximum absolute atomic E-state index is 8.06. The highest BCUT2D eigenvalue weighted by Gasteiger charge is 1.93. The van der Waals surface area contributed by atoms with E-state index in [1.807, 2.05) is 0 Å². The van der Waals surface area contributed by atoms with Crippen molar-refractivity contribution in [2.75, 3.05) is 0 Å². The molecule has 0 aliphatic heterocycles. The van der Waals surface area contributed by atoms with Crippen LogP contribution in [0.25, 0.3) is 0 Å². The van der Waals surface area contributed by atoms with Crippen LogP contribution in [0.15, 0.2) is 0 Å². The van der Waals surface area contributed by atoms with Gasteiger partial charge >= 0.3 is 0 Å². The smallest absolute Gasteiger partial charge is 0.199 e. The Kier molecular flexibility index (Phi) is 22.0. The topological polar surface area (TPSA) is 20.2 Å². The lowest BCUT2D eigenvalue weighted by molar-refractivity contribution is 0.216. The van der Waals surface area contributed by atoms with Gasteiger partial charge in [0.2, 0.25) is 0 Å². The number of aliphatic hydroxyl groups excluding tert-OH is 1. The van der Waals surface area contributed by atoms with Crippen LogP contribution in [0.4, 0.5) is 0 Å². The van der Waals surface area contributed by atoms with Crippen molar-refractivity contribution < 1.29 is 5.11 Å². The summed E-state index contributed by atoms with van der Waals surface area (Å²) in [4.78, 5) is 0. The molecule has 0 heterocycles. The molecule has 0 aromatic heterocycles. The molecule has 0 amide bonds. The third kappa shape index (κ3) is 31.5. The zero-order chi connectivity index (χ0) is 13.4. The Morgan fingerprint density at radius 2 is 1.12 bits per heavy atom. The summed E-state index contributed by atoms with van der Waals surface area (Å²) in [6, 6.07) is 0. The summed E-state index contributed by atoms with van der Waals surface area (Å²) in [5.41, 5.74) is 0. The monoisotopic (exact) mass is 257 g/mol. The van der Waals surface area contributed by atoms with Gasteiger partial charge in [0.15, 0.2) is 15.2 Å². The minimum atomic E-state index is -0.167. The molecule has 2 heteroatoms. The Hall–Kier alpha value is 0.492. The second-order valence-electron chi connectivity index (χ2n) is 5.08. The number of unbranched alkanes of at least 4 members (excludes halogenated alkanes) is 6. The highest BCUT2D eigenvalue weighted by atomic mass is 27.1. The van der Waals surface area contributed by atoms with E-state index in [1.54, 1.807) is 24.4 Å². The molecule has 0 atom stereocenters. The van der Waals surface area contributed by atoms with E-state index < -0.39 is 0 Å². The zero-order valence-corrected chi connectivity index (χ0v) is 13.8. The van der Waals surface area contributed by atoms with Crippen molar-refractivity contribution in [3.05, 3.63) is 0 Å². The number of rotatable bonds is 10. The Labute approximate surface area is 116 Å². The van der Waals surface area contributed by atoms with Gasteiger partial charge in [0.1, 0.15) is 0 Å². The quantitative estimate of drug-likeness (QED) is 0.427. The minimum absolute atomic E-state index is 0.167. The Morgan fingerprint density at radius 3 is 1.41 bits per heavy atom. The van der Waals surface area contributed by atoms with E-state index in [0.29, 0.717) is 0 Å². The van der Waals surface area contributed by atoms with Gasteiger partial charge in [-0.1, -0.05) is 65.2 Å². The van der Waals surface area contributed by atoms with Gasteiger partial charge in [0.25, 0.3) is 0 Å². The molecular formula is C15H34AlO.